The topological polar surface area (TPSA) is 29.9 Å². The third-order valence-electron chi connectivity index (χ3n) is 3.48. The van der Waals surface area contributed by atoms with Gasteiger partial charge in [0.2, 0.25) is 0 Å². The van der Waals surface area contributed by atoms with Crippen LogP contribution in [0, 0.1) is 13.8 Å². The molecule has 1 saturated carbocycles. The van der Waals surface area contributed by atoms with Gasteiger partial charge in [-0.1, -0.05) is 15.9 Å². The molecule has 3 nitrogen and oxygen atoms in total. The summed E-state index contributed by atoms with van der Waals surface area (Å²) in [4.78, 5) is 0. The molecular weight excluding hydrogens is 302 g/mol. The van der Waals surface area contributed by atoms with Crippen molar-refractivity contribution in [2.45, 2.75) is 39.3 Å². The maximum atomic E-state index is 4.63. The highest BCUT2D eigenvalue weighted by molar-refractivity contribution is 9.10. The summed E-state index contributed by atoms with van der Waals surface area (Å²) >= 11 is 3.60. The van der Waals surface area contributed by atoms with E-state index in [1.54, 1.807) is 0 Å². The van der Waals surface area contributed by atoms with Gasteiger partial charge in [-0.05, 0) is 56.0 Å². The van der Waals surface area contributed by atoms with Crippen LogP contribution in [0.3, 0.4) is 0 Å². The highest BCUT2D eigenvalue weighted by atomic mass is 79.9. The van der Waals surface area contributed by atoms with Crippen molar-refractivity contribution >= 4 is 15.9 Å². The molecule has 1 fully saturated rings. The van der Waals surface area contributed by atoms with Crippen LogP contribution in [0.25, 0.3) is 5.69 Å². The lowest BCUT2D eigenvalue weighted by molar-refractivity contribution is 0.665. The van der Waals surface area contributed by atoms with Crippen LogP contribution >= 0.6 is 15.9 Å². The van der Waals surface area contributed by atoms with E-state index in [2.05, 4.69) is 58.4 Å². The Morgan fingerprint density at radius 3 is 2.63 bits per heavy atom. The van der Waals surface area contributed by atoms with Crippen LogP contribution in [-0.2, 0) is 6.54 Å². The molecule has 0 spiro atoms. The van der Waals surface area contributed by atoms with E-state index in [-0.39, 0.29) is 0 Å². The summed E-state index contributed by atoms with van der Waals surface area (Å²) in [5.74, 6) is 0. The number of hydrogen-bond acceptors (Lipinski definition) is 2. The van der Waals surface area contributed by atoms with Crippen LogP contribution in [0.5, 0.6) is 0 Å². The number of aromatic nitrogens is 2. The summed E-state index contributed by atoms with van der Waals surface area (Å²) < 4.78 is 3.13. The van der Waals surface area contributed by atoms with Gasteiger partial charge in [0.15, 0.2) is 0 Å². The SMILES string of the molecule is Cc1cc(-n2ccc(CNC3CC3)n2)cc(C)c1Br. The first-order valence-electron chi connectivity index (χ1n) is 6.68. The first kappa shape index (κ1) is 12.9. The molecule has 0 aliphatic heterocycles. The largest absolute Gasteiger partial charge is 0.308 e. The number of benzene rings is 1. The Morgan fingerprint density at radius 1 is 1.32 bits per heavy atom. The molecular formula is C15H18BrN3. The molecule has 0 atom stereocenters. The van der Waals surface area contributed by atoms with Gasteiger partial charge in [-0.2, -0.15) is 5.10 Å². The van der Waals surface area contributed by atoms with Gasteiger partial charge in [0, 0.05) is 23.3 Å². The van der Waals surface area contributed by atoms with E-state index in [9.17, 15) is 0 Å². The Labute approximate surface area is 122 Å². The van der Waals surface area contributed by atoms with Crippen molar-refractivity contribution in [2.75, 3.05) is 0 Å². The van der Waals surface area contributed by atoms with E-state index in [0.29, 0.717) is 0 Å². The van der Waals surface area contributed by atoms with E-state index in [4.69, 9.17) is 0 Å². The molecule has 2 aromatic rings. The molecule has 1 heterocycles. The van der Waals surface area contributed by atoms with E-state index >= 15 is 0 Å². The van der Waals surface area contributed by atoms with Crippen LogP contribution in [0.1, 0.15) is 29.7 Å². The lowest BCUT2D eigenvalue weighted by Crippen LogP contribution is -2.15. The molecule has 1 aliphatic carbocycles. The second kappa shape index (κ2) is 5.10. The molecule has 1 N–H and O–H groups in total. The van der Waals surface area contributed by atoms with Crippen LogP contribution in [0.15, 0.2) is 28.9 Å². The Morgan fingerprint density at radius 2 is 2.00 bits per heavy atom. The van der Waals surface area contributed by atoms with E-state index < -0.39 is 0 Å². The third-order valence-corrected chi connectivity index (χ3v) is 4.73. The van der Waals surface area contributed by atoms with Crippen molar-refractivity contribution < 1.29 is 0 Å². The number of hydrogen-bond donors (Lipinski definition) is 1. The molecule has 0 saturated heterocycles. The Kier molecular flexibility index (Phi) is 3.46. The monoisotopic (exact) mass is 319 g/mol. The molecule has 0 unspecified atom stereocenters. The highest BCUT2D eigenvalue weighted by Crippen LogP contribution is 2.24. The standard InChI is InChI=1S/C15H18BrN3/c1-10-7-14(8-11(2)15(10)16)19-6-5-13(18-19)9-17-12-3-4-12/h5-8,12,17H,3-4,9H2,1-2H3. The fourth-order valence-electron chi connectivity index (χ4n) is 2.19. The summed E-state index contributed by atoms with van der Waals surface area (Å²) in [6.45, 7) is 5.09. The van der Waals surface area contributed by atoms with Gasteiger partial charge >= 0.3 is 0 Å². The first-order chi connectivity index (χ1) is 9.13. The molecule has 1 aliphatic rings. The molecule has 4 heteroatoms. The molecule has 0 amide bonds. The predicted molar refractivity (Wildman–Crippen MR) is 80.6 cm³/mol. The normalized spacial score (nSPS) is 14.9. The Balaban J connectivity index is 1.81. The lowest BCUT2D eigenvalue weighted by atomic mass is 10.1. The Hall–Kier alpha value is -1.13. The summed E-state index contributed by atoms with van der Waals surface area (Å²) in [5, 5.41) is 8.12. The third kappa shape index (κ3) is 2.90. The van der Waals surface area contributed by atoms with Gasteiger partial charge in [0.1, 0.15) is 0 Å². The molecule has 19 heavy (non-hydrogen) atoms. The average Bonchev–Trinajstić information content (AvgIpc) is 3.10. The minimum Gasteiger partial charge on any atom is -0.308 e. The van der Waals surface area contributed by atoms with E-state index in [0.717, 1.165) is 24.0 Å². The second-order valence-electron chi connectivity index (χ2n) is 5.30. The van der Waals surface area contributed by atoms with E-state index in [1.165, 1.54) is 28.4 Å². The van der Waals surface area contributed by atoms with Crippen LogP contribution < -0.4 is 5.32 Å². The van der Waals surface area contributed by atoms with Gasteiger partial charge in [-0.3, -0.25) is 0 Å². The van der Waals surface area contributed by atoms with Gasteiger partial charge < -0.3 is 5.32 Å². The van der Waals surface area contributed by atoms with Crippen LogP contribution in [0.4, 0.5) is 0 Å². The van der Waals surface area contributed by atoms with Gasteiger partial charge in [-0.25, -0.2) is 4.68 Å². The molecule has 0 bridgehead atoms. The minimum atomic E-state index is 0.724. The zero-order chi connectivity index (χ0) is 13.4. The molecule has 1 aromatic carbocycles. The minimum absolute atomic E-state index is 0.724. The average molecular weight is 320 g/mol. The molecule has 100 valence electrons. The summed E-state index contributed by atoms with van der Waals surface area (Å²) in [5.41, 5.74) is 4.70. The summed E-state index contributed by atoms with van der Waals surface area (Å²) in [6.07, 6.45) is 4.66. The van der Waals surface area contributed by atoms with Gasteiger partial charge in [0.25, 0.3) is 0 Å². The van der Waals surface area contributed by atoms with Crippen molar-refractivity contribution in [3.63, 3.8) is 0 Å². The maximum absolute atomic E-state index is 4.63. The van der Waals surface area contributed by atoms with Crippen molar-refractivity contribution in [1.82, 2.24) is 15.1 Å². The number of aryl methyl sites for hydroxylation is 2. The van der Waals surface area contributed by atoms with Crippen molar-refractivity contribution in [2.24, 2.45) is 0 Å². The van der Waals surface area contributed by atoms with Gasteiger partial charge in [0.05, 0.1) is 11.4 Å². The zero-order valence-corrected chi connectivity index (χ0v) is 12.9. The summed E-state index contributed by atoms with van der Waals surface area (Å²) in [6, 6.07) is 7.12. The Bertz CT molecular complexity index is 576. The predicted octanol–water partition coefficient (Wildman–Crippen LogP) is 3.50. The van der Waals surface area contributed by atoms with Crippen LogP contribution in [-0.4, -0.2) is 15.8 Å². The second-order valence-corrected chi connectivity index (χ2v) is 6.09. The van der Waals surface area contributed by atoms with Crippen LogP contribution in [0.2, 0.25) is 0 Å². The number of halogens is 1. The highest BCUT2D eigenvalue weighted by Gasteiger charge is 2.20. The molecule has 1 aromatic heterocycles. The smallest absolute Gasteiger partial charge is 0.0766 e. The quantitative estimate of drug-likeness (QED) is 0.934. The number of nitrogens with zero attached hydrogens (tertiary/aromatic N) is 2. The fraction of sp³-hybridized carbons (Fsp3) is 0.400. The fourth-order valence-corrected chi connectivity index (χ4v) is 2.42. The first-order valence-corrected chi connectivity index (χ1v) is 7.48. The van der Waals surface area contributed by atoms with Gasteiger partial charge in [-0.15, -0.1) is 0 Å². The van der Waals surface area contributed by atoms with E-state index in [1.807, 2.05) is 10.9 Å². The molecule has 3 rings (SSSR count). The van der Waals surface area contributed by atoms with Crippen molar-refractivity contribution in [1.29, 1.82) is 0 Å². The number of rotatable bonds is 4. The maximum Gasteiger partial charge on any atom is 0.0766 e. The zero-order valence-electron chi connectivity index (χ0n) is 11.3. The summed E-state index contributed by atoms with van der Waals surface area (Å²) in [7, 11) is 0. The lowest BCUT2D eigenvalue weighted by Gasteiger charge is -2.08. The van der Waals surface area contributed by atoms with Crippen molar-refractivity contribution in [3.8, 4) is 5.69 Å². The number of nitrogens with one attached hydrogen (secondary N) is 1. The van der Waals surface area contributed by atoms with Crippen molar-refractivity contribution in [3.05, 3.63) is 45.7 Å². The molecule has 0 radical (unpaired) electrons.